The quantitative estimate of drug-likeness (QED) is 0.813. The van der Waals surface area contributed by atoms with Crippen molar-refractivity contribution in [3.63, 3.8) is 0 Å². The van der Waals surface area contributed by atoms with Crippen LogP contribution in [0.25, 0.3) is 0 Å². The summed E-state index contributed by atoms with van der Waals surface area (Å²) in [6.07, 6.45) is 3.87. The molecule has 2 heterocycles. The van der Waals surface area contributed by atoms with E-state index in [0.29, 0.717) is 0 Å². The van der Waals surface area contributed by atoms with Crippen LogP contribution in [-0.2, 0) is 4.74 Å². The second kappa shape index (κ2) is 5.68. The van der Waals surface area contributed by atoms with Crippen LogP contribution in [0.3, 0.4) is 0 Å². The maximum Gasteiger partial charge on any atom is 0.0547 e. The Kier molecular flexibility index (Phi) is 4.45. The zero-order chi connectivity index (χ0) is 12.3. The molecule has 0 saturated carbocycles. The van der Waals surface area contributed by atoms with Gasteiger partial charge in [0.15, 0.2) is 0 Å². The molecule has 0 aromatic carbocycles. The molecule has 1 unspecified atom stereocenters. The van der Waals surface area contributed by atoms with Gasteiger partial charge in [0.2, 0.25) is 0 Å². The lowest BCUT2D eigenvalue weighted by atomic mass is 9.83. The highest BCUT2D eigenvalue weighted by Gasteiger charge is 2.36. The van der Waals surface area contributed by atoms with Crippen molar-refractivity contribution >= 4 is 0 Å². The van der Waals surface area contributed by atoms with Crippen LogP contribution in [0.15, 0.2) is 0 Å². The molecule has 0 amide bonds. The maximum atomic E-state index is 5.95. The van der Waals surface area contributed by atoms with E-state index in [1.807, 2.05) is 0 Å². The van der Waals surface area contributed by atoms with Gasteiger partial charge in [-0.25, -0.2) is 0 Å². The molecule has 3 heteroatoms. The summed E-state index contributed by atoms with van der Waals surface area (Å²) in [6.45, 7) is 10.9. The number of nitrogens with two attached hydrogens (primary N) is 1. The second-order valence-corrected chi connectivity index (χ2v) is 6.36. The standard InChI is InChI=1S/C14H28N2O/c1-12(2)13-3-6-16(7-4-13)10-14(9-15)5-8-17-11-14/h12-13H,3-11,15H2,1-2H3. The summed E-state index contributed by atoms with van der Waals surface area (Å²) < 4.78 is 5.55. The van der Waals surface area contributed by atoms with Gasteiger partial charge in [-0.05, 0) is 44.2 Å². The van der Waals surface area contributed by atoms with E-state index in [4.69, 9.17) is 10.5 Å². The van der Waals surface area contributed by atoms with Crippen molar-refractivity contribution in [2.45, 2.75) is 33.1 Å². The van der Waals surface area contributed by atoms with E-state index in [-0.39, 0.29) is 5.41 Å². The Labute approximate surface area is 106 Å². The summed E-state index contributed by atoms with van der Waals surface area (Å²) in [4.78, 5) is 2.61. The lowest BCUT2D eigenvalue weighted by Crippen LogP contribution is -2.46. The Morgan fingerprint density at radius 1 is 1.35 bits per heavy atom. The molecule has 2 saturated heterocycles. The number of hydrogen-bond acceptors (Lipinski definition) is 3. The Balaban J connectivity index is 1.81. The lowest BCUT2D eigenvalue weighted by Gasteiger charge is -2.38. The third kappa shape index (κ3) is 3.21. The molecule has 0 bridgehead atoms. The summed E-state index contributed by atoms with van der Waals surface area (Å²) in [5, 5.41) is 0. The van der Waals surface area contributed by atoms with Crippen LogP contribution in [0.4, 0.5) is 0 Å². The van der Waals surface area contributed by atoms with Gasteiger partial charge in [-0.2, -0.15) is 0 Å². The molecular formula is C14H28N2O. The fourth-order valence-electron chi connectivity index (χ4n) is 3.25. The molecule has 17 heavy (non-hydrogen) atoms. The average Bonchev–Trinajstić information content (AvgIpc) is 2.79. The largest absolute Gasteiger partial charge is 0.381 e. The van der Waals surface area contributed by atoms with Crippen molar-refractivity contribution in [2.75, 3.05) is 39.4 Å². The van der Waals surface area contributed by atoms with E-state index in [9.17, 15) is 0 Å². The first kappa shape index (κ1) is 13.3. The van der Waals surface area contributed by atoms with Crippen LogP contribution in [0, 0.1) is 17.3 Å². The van der Waals surface area contributed by atoms with Crippen LogP contribution in [0.2, 0.25) is 0 Å². The van der Waals surface area contributed by atoms with Crippen molar-refractivity contribution in [2.24, 2.45) is 23.0 Å². The molecule has 2 aliphatic rings. The Bertz CT molecular complexity index is 228. The van der Waals surface area contributed by atoms with Crippen molar-refractivity contribution in [1.29, 1.82) is 0 Å². The molecule has 2 rings (SSSR count). The number of rotatable bonds is 4. The van der Waals surface area contributed by atoms with E-state index in [0.717, 1.165) is 44.6 Å². The molecule has 100 valence electrons. The zero-order valence-corrected chi connectivity index (χ0v) is 11.5. The van der Waals surface area contributed by atoms with E-state index < -0.39 is 0 Å². The number of likely N-dealkylation sites (tertiary alicyclic amines) is 1. The number of hydrogen-bond donors (Lipinski definition) is 1. The second-order valence-electron chi connectivity index (χ2n) is 6.36. The van der Waals surface area contributed by atoms with Gasteiger partial charge in [-0.3, -0.25) is 0 Å². The van der Waals surface area contributed by atoms with Crippen LogP contribution in [0.5, 0.6) is 0 Å². The molecule has 3 nitrogen and oxygen atoms in total. The van der Waals surface area contributed by atoms with Crippen LogP contribution in [0.1, 0.15) is 33.1 Å². The summed E-state index contributed by atoms with van der Waals surface area (Å²) in [6, 6.07) is 0. The minimum Gasteiger partial charge on any atom is -0.381 e. The lowest BCUT2D eigenvalue weighted by molar-refractivity contribution is 0.0849. The summed E-state index contributed by atoms with van der Waals surface area (Å²) in [5.41, 5.74) is 6.21. The maximum absolute atomic E-state index is 5.95. The SMILES string of the molecule is CC(C)C1CCN(CC2(CN)CCOC2)CC1. The Morgan fingerprint density at radius 2 is 2.06 bits per heavy atom. The van der Waals surface area contributed by atoms with Gasteiger partial charge in [0, 0.05) is 25.1 Å². The molecule has 0 aromatic rings. The van der Waals surface area contributed by atoms with Crippen molar-refractivity contribution in [3.05, 3.63) is 0 Å². The van der Waals surface area contributed by atoms with Crippen molar-refractivity contribution < 1.29 is 4.74 Å². The highest BCUT2D eigenvalue weighted by Crippen LogP contribution is 2.31. The van der Waals surface area contributed by atoms with E-state index in [1.165, 1.54) is 25.9 Å². The zero-order valence-electron chi connectivity index (χ0n) is 11.5. The van der Waals surface area contributed by atoms with Crippen LogP contribution in [-0.4, -0.2) is 44.3 Å². The minimum atomic E-state index is 0.255. The third-order valence-electron chi connectivity index (χ3n) is 4.75. The first-order chi connectivity index (χ1) is 8.15. The van der Waals surface area contributed by atoms with Gasteiger partial charge < -0.3 is 15.4 Å². The minimum absolute atomic E-state index is 0.255. The van der Waals surface area contributed by atoms with Gasteiger partial charge in [-0.1, -0.05) is 13.8 Å². The normalized spacial score (nSPS) is 32.5. The van der Waals surface area contributed by atoms with Crippen molar-refractivity contribution in [1.82, 2.24) is 4.90 Å². The van der Waals surface area contributed by atoms with Gasteiger partial charge >= 0.3 is 0 Å². The molecule has 2 N–H and O–H groups in total. The predicted molar refractivity (Wildman–Crippen MR) is 70.9 cm³/mol. The third-order valence-corrected chi connectivity index (χ3v) is 4.75. The molecule has 0 radical (unpaired) electrons. The van der Waals surface area contributed by atoms with Gasteiger partial charge in [0.1, 0.15) is 0 Å². The summed E-state index contributed by atoms with van der Waals surface area (Å²) >= 11 is 0. The monoisotopic (exact) mass is 240 g/mol. The molecule has 1 atom stereocenters. The molecular weight excluding hydrogens is 212 g/mol. The molecule has 2 aliphatic heterocycles. The van der Waals surface area contributed by atoms with E-state index >= 15 is 0 Å². The van der Waals surface area contributed by atoms with Gasteiger partial charge in [0.25, 0.3) is 0 Å². The molecule has 2 fully saturated rings. The van der Waals surface area contributed by atoms with Crippen molar-refractivity contribution in [3.8, 4) is 0 Å². The Morgan fingerprint density at radius 3 is 2.53 bits per heavy atom. The molecule has 0 aliphatic carbocycles. The van der Waals surface area contributed by atoms with Gasteiger partial charge in [0.05, 0.1) is 6.61 Å². The summed E-state index contributed by atoms with van der Waals surface area (Å²) in [5.74, 6) is 1.77. The topological polar surface area (TPSA) is 38.5 Å². The molecule has 0 spiro atoms. The highest BCUT2D eigenvalue weighted by molar-refractivity contribution is 4.88. The number of nitrogens with zero attached hydrogens (tertiary/aromatic N) is 1. The highest BCUT2D eigenvalue weighted by atomic mass is 16.5. The fraction of sp³-hybridized carbons (Fsp3) is 1.00. The first-order valence-electron chi connectivity index (χ1n) is 7.15. The van der Waals surface area contributed by atoms with Crippen LogP contribution < -0.4 is 5.73 Å². The fourth-order valence-corrected chi connectivity index (χ4v) is 3.25. The van der Waals surface area contributed by atoms with E-state index in [2.05, 4.69) is 18.7 Å². The van der Waals surface area contributed by atoms with E-state index in [1.54, 1.807) is 0 Å². The van der Waals surface area contributed by atoms with Crippen LogP contribution >= 0.6 is 0 Å². The average molecular weight is 240 g/mol. The molecule has 0 aromatic heterocycles. The predicted octanol–water partition coefficient (Wildman–Crippen LogP) is 1.72. The first-order valence-corrected chi connectivity index (χ1v) is 7.15. The summed E-state index contributed by atoms with van der Waals surface area (Å²) in [7, 11) is 0. The number of piperidine rings is 1. The van der Waals surface area contributed by atoms with Gasteiger partial charge in [-0.15, -0.1) is 0 Å². The smallest absolute Gasteiger partial charge is 0.0547 e. The Hall–Kier alpha value is -0.120. The number of ether oxygens (including phenoxy) is 1.